The molecule has 1 aliphatic heterocycles. The van der Waals surface area contributed by atoms with Crippen molar-refractivity contribution in [1.29, 1.82) is 0 Å². The summed E-state index contributed by atoms with van der Waals surface area (Å²) in [5.74, 6) is 0.755. The maximum Gasteiger partial charge on any atom is 0.255 e. The number of rotatable bonds is 4. The minimum absolute atomic E-state index is 0. The maximum atomic E-state index is 14.8. The fraction of sp³-hybridized carbons (Fsp3) is 0.286. The number of halogens is 2. The Balaban J connectivity index is 0.00000205. The molecule has 1 fully saturated rings. The first-order valence-corrected chi connectivity index (χ1v) is 9.45. The van der Waals surface area contributed by atoms with Gasteiger partial charge in [0.05, 0.1) is 5.69 Å². The van der Waals surface area contributed by atoms with Gasteiger partial charge in [-0.25, -0.2) is 4.39 Å². The number of nitrogens with one attached hydrogen (secondary N) is 2. The van der Waals surface area contributed by atoms with Crippen LogP contribution in [0.25, 0.3) is 11.4 Å². The van der Waals surface area contributed by atoms with Gasteiger partial charge in [-0.2, -0.15) is 4.98 Å². The summed E-state index contributed by atoms with van der Waals surface area (Å²) in [4.78, 5) is 17.1. The van der Waals surface area contributed by atoms with E-state index in [2.05, 4.69) is 20.8 Å². The van der Waals surface area contributed by atoms with E-state index in [-0.39, 0.29) is 29.8 Å². The van der Waals surface area contributed by atoms with Gasteiger partial charge in [0.15, 0.2) is 0 Å². The molecule has 8 heteroatoms. The van der Waals surface area contributed by atoms with E-state index < -0.39 is 0 Å². The van der Waals surface area contributed by atoms with Gasteiger partial charge in [-0.15, -0.1) is 12.4 Å². The molecule has 2 N–H and O–H groups in total. The van der Waals surface area contributed by atoms with Crippen LogP contribution in [0.4, 0.5) is 10.1 Å². The fourth-order valence-corrected chi connectivity index (χ4v) is 3.47. The molecule has 29 heavy (non-hydrogen) atoms. The molecular formula is C21H20ClFN4O2. The number of fused-ring (bicyclic) bond motifs is 1. The lowest BCUT2D eigenvalue weighted by Crippen LogP contribution is -2.25. The predicted octanol–water partition coefficient (Wildman–Crippen LogP) is 4.07. The first-order valence-electron chi connectivity index (χ1n) is 9.45. The van der Waals surface area contributed by atoms with E-state index in [0.29, 0.717) is 47.3 Å². The summed E-state index contributed by atoms with van der Waals surface area (Å²) in [6.45, 7) is 1.38. The number of anilines is 1. The van der Waals surface area contributed by atoms with Gasteiger partial charge in [0, 0.05) is 23.6 Å². The van der Waals surface area contributed by atoms with E-state index in [1.807, 2.05) is 12.1 Å². The summed E-state index contributed by atoms with van der Waals surface area (Å²) in [6, 6.07) is 10.4. The van der Waals surface area contributed by atoms with E-state index in [0.717, 1.165) is 24.9 Å². The third-order valence-corrected chi connectivity index (χ3v) is 5.21. The van der Waals surface area contributed by atoms with Crippen molar-refractivity contribution in [3.05, 3.63) is 64.8 Å². The Hall–Kier alpha value is -2.77. The molecule has 3 aromatic rings. The van der Waals surface area contributed by atoms with E-state index in [4.69, 9.17) is 4.52 Å². The Kier molecular flexibility index (Phi) is 5.34. The summed E-state index contributed by atoms with van der Waals surface area (Å²) in [7, 11) is 0. The molecule has 2 aliphatic rings. The van der Waals surface area contributed by atoms with Gasteiger partial charge < -0.3 is 15.2 Å². The summed E-state index contributed by atoms with van der Waals surface area (Å²) >= 11 is 0. The zero-order chi connectivity index (χ0) is 19.1. The van der Waals surface area contributed by atoms with Gasteiger partial charge in [0.25, 0.3) is 5.91 Å². The summed E-state index contributed by atoms with van der Waals surface area (Å²) in [5, 5.41) is 9.92. The molecule has 1 aliphatic carbocycles. The quantitative estimate of drug-likeness (QED) is 0.672. The van der Waals surface area contributed by atoms with Crippen molar-refractivity contribution in [1.82, 2.24) is 15.5 Å². The van der Waals surface area contributed by atoms with Crippen molar-refractivity contribution >= 4 is 24.0 Å². The van der Waals surface area contributed by atoms with Crippen LogP contribution in [0.5, 0.6) is 0 Å². The molecule has 2 aromatic carbocycles. The van der Waals surface area contributed by atoms with Crippen LogP contribution in [0, 0.1) is 5.82 Å². The third-order valence-electron chi connectivity index (χ3n) is 5.21. The monoisotopic (exact) mass is 414 g/mol. The summed E-state index contributed by atoms with van der Waals surface area (Å²) < 4.78 is 20.1. The van der Waals surface area contributed by atoms with Crippen molar-refractivity contribution in [3.63, 3.8) is 0 Å². The average molecular weight is 415 g/mol. The van der Waals surface area contributed by atoms with Crippen LogP contribution in [0.2, 0.25) is 0 Å². The molecule has 1 aromatic heterocycles. The third kappa shape index (κ3) is 3.88. The van der Waals surface area contributed by atoms with E-state index in [9.17, 15) is 9.18 Å². The molecule has 0 atom stereocenters. The summed E-state index contributed by atoms with van der Waals surface area (Å²) in [5.41, 5.74) is 2.91. The number of benzene rings is 2. The number of hydrogen-bond acceptors (Lipinski definition) is 5. The van der Waals surface area contributed by atoms with Gasteiger partial charge in [-0.3, -0.25) is 4.79 Å². The number of carbonyl (C=O) groups is 1. The second kappa shape index (κ2) is 7.93. The van der Waals surface area contributed by atoms with Gasteiger partial charge in [-0.1, -0.05) is 23.4 Å². The molecule has 2 heterocycles. The second-order valence-corrected chi connectivity index (χ2v) is 7.26. The largest absolute Gasteiger partial charge is 0.339 e. The minimum Gasteiger partial charge on any atom is -0.339 e. The highest BCUT2D eigenvalue weighted by Gasteiger charge is 2.29. The van der Waals surface area contributed by atoms with Gasteiger partial charge in [0.1, 0.15) is 5.82 Å². The lowest BCUT2D eigenvalue weighted by molar-refractivity contribution is 0.102. The van der Waals surface area contributed by atoms with Gasteiger partial charge in [0.2, 0.25) is 11.7 Å². The lowest BCUT2D eigenvalue weighted by atomic mass is 9.99. The molecule has 0 unspecified atom stereocenters. The van der Waals surface area contributed by atoms with Crippen molar-refractivity contribution in [2.45, 2.75) is 31.7 Å². The molecule has 0 saturated heterocycles. The lowest BCUT2D eigenvalue weighted by Gasteiger charge is -2.19. The normalized spacial score (nSPS) is 15.3. The van der Waals surface area contributed by atoms with Crippen LogP contribution in [-0.2, 0) is 13.0 Å². The number of carbonyl (C=O) groups excluding carboxylic acids is 1. The highest BCUT2D eigenvalue weighted by Crippen LogP contribution is 2.39. The van der Waals surface area contributed by atoms with Crippen LogP contribution in [-0.4, -0.2) is 22.6 Å². The Morgan fingerprint density at radius 3 is 2.93 bits per heavy atom. The average Bonchev–Trinajstić information content (AvgIpc) is 3.47. The van der Waals surface area contributed by atoms with E-state index in [1.165, 1.54) is 0 Å². The molecule has 0 bridgehead atoms. The number of aromatic nitrogens is 2. The van der Waals surface area contributed by atoms with Gasteiger partial charge in [-0.05, 0) is 55.1 Å². The molecule has 150 valence electrons. The molecule has 1 saturated carbocycles. The van der Waals surface area contributed by atoms with Crippen LogP contribution in [0.3, 0.4) is 0 Å². The Morgan fingerprint density at radius 2 is 2.10 bits per heavy atom. The number of hydrogen-bond donors (Lipinski definition) is 2. The first-order chi connectivity index (χ1) is 13.7. The molecule has 5 rings (SSSR count). The van der Waals surface area contributed by atoms with Crippen molar-refractivity contribution in [3.8, 4) is 11.4 Å². The van der Waals surface area contributed by atoms with Crippen LogP contribution < -0.4 is 10.6 Å². The molecule has 1 amide bonds. The molecule has 0 spiro atoms. The Morgan fingerprint density at radius 1 is 1.24 bits per heavy atom. The first kappa shape index (κ1) is 19.5. The minimum atomic E-state index is -0.374. The number of nitrogens with zero attached hydrogens (tertiary/aromatic N) is 2. The summed E-state index contributed by atoms with van der Waals surface area (Å²) in [6.07, 6.45) is 2.76. The zero-order valence-electron chi connectivity index (χ0n) is 15.6. The number of amides is 1. The highest BCUT2D eigenvalue weighted by atomic mass is 35.5. The van der Waals surface area contributed by atoms with Crippen molar-refractivity contribution in [2.24, 2.45) is 0 Å². The van der Waals surface area contributed by atoms with Crippen LogP contribution in [0.15, 0.2) is 40.9 Å². The van der Waals surface area contributed by atoms with Gasteiger partial charge >= 0.3 is 0 Å². The standard InChI is InChI=1S/C21H19FN4O2.ClH/c22-18-16-8-9-23-11-15(16)6-7-17(18)24-20(27)14-3-1-2-13(10-14)19-25-21(28-26-19)12-4-5-12;/h1-3,6-7,10,12,23H,4-5,8-9,11H2,(H,24,27);1H. The Bertz CT molecular complexity index is 1060. The van der Waals surface area contributed by atoms with E-state index in [1.54, 1.807) is 24.3 Å². The Labute approximate surface area is 173 Å². The van der Waals surface area contributed by atoms with Crippen molar-refractivity contribution in [2.75, 3.05) is 11.9 Å². The fourth-order valence-electron chi connectivity index (χ4n) is 3.47. The smallest absolute Gasteiger partial charge is 0.255 e. The maximum absolute atomic E-state index is 14.8. The molecule has 0 radical (unpaired) electrons. The highest BCUT2D eigenvalue weighted by molar-refractivity contribution is 6.05. The zero-order valence-corrected chi connectivity index (χ0v) is 16.4. The molecular weight excluding hydrogens is 395 g/mol. The van der Waals surface area contributed by atoms with E-state index >= 15 is 0 Å². The van der Waals surface area contributed by atoms with Crippen molar-refractivity contribution < 1.29 is 13.7 Å². The van der Waals surface area contributed by atoms with Crippen LogP contribution in [0.1, 0.15) is 46.1 Å². The molecule has 6 nitrogen and oxygen atoms in total. The van der Waals surface area contributed by atoms with Crippen LogP contribution >= 0.6 is 12.4 Å². The second-order valence-electron chi connectivity index (χ2n) is 7.26. The SMILES string of the molecule is Cl.O=C(Nc1ccc2c(c1F)CCNC2)c1cccc(-c2noc(C3CC3)n2)c1. The topological polar surface area (TPSA) is 80.0 Å². The predicted molar refractivity (Wildman–Crippen MR) is 109 cm³/mol.